The van der Waals surface area contributed by atoms with E-state index in [4.69, 9.17) is 23.8 Å². The first kappa shape index (κ1) is 24.2. The van der Waals surface area contributed by atoms with E-state index in [0.717, 1.165) is 76.8 Å². The van der Waals surface area contributed by atoms with Crippen LogP contribution in [0, 0.1) is 0 Å². The van der Waals surface area contributed by atoms with Crippen LogP contribution in [-0.4, -0.2) is 19.5 Å². The molecule has 6 aromatic carbocycles. The van der Waals surface area contributed by atoms with Crippen LogP contribution in [0.5, 0.6) is 0 Å². The van der Waals surface area contributed by atoms with Crippen LogP contribution in [0.25, 0.3) is 94.4 Å². The molecule has 0 atom stereocenters. The summed E-state index contributed by atoms with van der Waals surface area (Å²) in [5, 5.41) is 6.45. The summed E-state index contributed by atoms with van der Waals surface area (Å²) < 4.78 is 14.9. The second kappa shape index (κ2) is 9.11. The zero-order valence-corrected chi connectivity index (χ0v) is 23.8. The molecule has 0 unspecified atom stereocenters. The molecule has 0 bridgehead atoms. The van der Waals surface area contributed by atoms with Crippen LogP contribution in [0.1, 0.15) is 0 Å². The van der Waals surface area contributed by atoms with Crippen LogP contribution in [0.2, 0.25) is 0 Å². The van der Waals surface area contributed by atoms with Gasteiger partial charge in [-0.1, -0.05) is 97.1 Å². The molecule has 0 N–H and O–H groups in total. The number of benzene rings is 6. The van der Waals surface area contributed by atoms with Gasteiger partial charge in [0.2, 0.25) is 5.95 Å². The number of rotatable bonds is 3. The topological polar surface area (TPSA) is 69.9 Å². The van der Waals surface area contributed by atoms with Crippen molar-refractivity contribution in [2.75, 3.05) is 0 Å². The number of hydrogen-bond donors (Lipinski definition) is 0. The van der Waals surface area contributed by atoms with Crippen LogP contribution < -0.4 is 0 Å². The van der Waals surface area contributed by atoms with Crippen LogP contribution in [-0.2, 0) is 0 Å². The quantitative estimate of drug-likeness (QED) is 0.209. The van der Waals surface area contributed by atoms with Crippen molar-refractivity contribution in [3.63, 3.8) is 0 Å². The molecular weight excluding hydrogens is 556 g/mol. The third-order valence-electron chi connectivity index (χ3n) is 8.66. The van der Waals surface area contributed by atoms with Crippen molar-refractivity contribution < 1.29 is 8.83 Å². The van der Waals surface area contributed by atoms with Crippen molar-refractivity contribution in [1.82, 2.24) is 19.5 Å². The lowest BCUT2D eigenvalue weighted by atomic mass is 10.0. The van der Waals surface area contributed by atoms with E-state index in [2.05, 4.69) is 47.0 Å². The van der Waals surface area contributed by atoms with Gasteiger partial charge < -0.3 is 8.83 Å². The van der Waals surface area contributed by atoms with Crippen molar-refractivity contribution in [3.8, 4) is 28.7 Å². The third-order valence-corrected chi connectivity index (χ3v) is 8.66. The average molecular weight is 579 g/mol. The monoisotopic (exact) mass is 578 g/mol. The summed E-state index contributed by atoms with van der Waals surface area (Å²) in [6.07, 6.45) is 0. The van der Waals surface area contributed by atoms with Crippen LogP contribution in [0.15, 0.2) is 142 Å². The lowest BCUT2D eigenvalue weighted by molar-refractivity contribution is 0.663. The first-order chi connectivity index (χ1) is 22.3. The van der Waals surface area contributed by atoms with Crippen molar-refractivity contribution in [3.05, 3.63) is 133 Å². The SMILES string of the molecule is c1ccc(-c2nc(-c3ccccc3)nc(-n3c4ccccc4c4cc5c(cc43)oc3ccc4oc6ccccc6c4c35)n2)cc1. The lowest BCUT2D eigenvalue weighted by Gasteiger charge is -2.10. The number of aromatic nitrogens is 4. The molecule has 0 radical (unpaired) electrons. The maximum Gasteiger partial charge on any atom is 0.238 e. The molecule has 10 rings (SSSR count). The van der Waals surface area contributed by atoms with Gasteiger partial charge in [-0.2, -0.15) is 9.97 Å². The highest BCUT2D eigenvalue weighted by atomic mass is 16.3. The van der Waals surface area contributed by atoms with E-state index in [9.17, 15) is 0 Å². The minimum absolute atomic E-state index is 0.549. The summed E-state index contributed by atoms with van der Waals surface area (Å²) in [4.78, 5) is 15.0. The number of furan rings is 2. The van der Waals surface area contributed by atoms with Crippen molar-refractivity contribution in [2.45, 2.75) is 0 Å². The van der Waals surface area contributed by atoms with Gasteiger partial charge in [0.15, 0.2) is 11.6 Å². The van der Waals surface area contributed by atoms with E-state index in [0.29, 0.717) is 17.6 Å². The molecule has 6 heteroatoms. The van der Waals surface area contributed by atoms with Gasteiger partial charge in [0.05, 0.1) is 11.0 Å². The average Bonchev–Trinajstić information content (AvgIpc) is 3.76. The van der Waals surface area contributed by atoms with Gasteiger partial charge in [-0.3, -0.25) is 4.57 Å². The molecule has 45 heavy (non-hydrogen) atoms. The Labute approximate surface area is 255 Å². The maximum absolute atomic E-state index is 6.55. The molecule has 0 spiro atoms. The highest BCUT2D eigenvalue weighted by Gasteiger charge is 2.21. The minimum Gasteiger partial charge on any atom is -0.456 e. The molecular formula is C39H22N4O2. The molecule has 0 saturated carbocycles. The largest absolute Gasteiger partial charge is 0.456 e. The Hall–Kier alpha value is -6.27. The summed E-state index contributed by atoms with van der Waals surface area (Å²) in [6, 6.07) is 45.0. The van der Waals surface area contributed by atoms with E-state index in [1.54, 1.807) is 0 Å². The molecule has 0 aliphatic rings. The van der Waals surface area contributed by atoms with E-state index in [1.165, 1.54) is 0 Å². The highest BCUT2D eigenvalue weighted by Crippen LogP contribution is 2.43. The van der Waals surface area contributed by atoms with Crippen LogP contribution in [0.3, 0.4) is 0 Å². The van der Waals surface area contributed by atoms with Gasteiger partial charge >= 0.3 is 0 Å². The summed E-state index contributed by atoms with van der Waals surface area (Å²) in [5.74, 6) is 1.78. The molecule has 0 aliphatic carbocycles. The molecule has 0 amide bonds. The molecule has 6 nitrogen and oxygen atoms in total. The number of fused-ring (bicyclic) bond motifs is 10. The summed E-state index contributed by atoms with van der Waals surface area (Å²) in [5.41, 5.74) is 7.15. The molecule has 10 aromatic rings. The lowest BCUT2D eigenvalue weighted by Crippen LogP contribution is -2.06. The van der Waals surface area contributed by atoms with Gasteiger partial charge in [0, 0.05) is 49.5 Å². The predicted molar refractivity (Wildman–Crippen MR) is 180 cm³/mol. The second-order valence-corrected chi connectivity index (χ2v) is 11.2. The normalized spacial score (nSPS) is 12.0. The van der Waals surface area contributed by atoms with E-state index in [1.807, 2.05) is 91.0 Å². The highest BCUT2D eigenvalue weighted by molar-refractivity contribution is 6.27. The fourth-order valence-corrected chi connectivity index (χ4v) is 6.66. The van der Waals surface area contributed by atoms with Crippen LogP contribution >= 0.6 is 0 Å². The Morgan fingerprint density at radius 2 is 0.978 bits per heavy atom. The number of nitrogens with zero attached hydrogens (tertiary/aromatic N) is 4. The Bertz CT molecular complexity index is 2700. The van der Waals surface area contributed by atoms with Crippen molar-refractivity contribution in [1.29, 1.82) is 0 Å². The summed E-state index contributed by atoms with van der Waals surface area (Å²) in [6.45, 7) is 0. The molecule has 0 fully saturated rings. The Kier molecular flexibility index (Phi) is 4.90. The van der Waals surface area contributed by atoms with Gasteiger partial charge in [-0.25, -0.2) is 4.98 Å². The fourth-order valence-electron chi connectivity index (χ4n) is 6.66. The first-order valence-electron chi connectivity index (χ1n) is 14.9. The van der Waals surface area contributed by atoms with Gasteiger partial charge in [0.25, 0.3) is 0 Å². The summed E-state index contributed by atoms with van der Waals surface area (Å²) in [7, 11) is 0. The Balaban J connectivity index is 1.31. The minimum atomic E-state index is 0.549. The Morgan fingerprint density at radius 1 is 0.400 bits per heavy atom. The van der Waals surface area contributed by atoms with Crippen molar-refractivity contribution in [2.24, 2.45) is 0 Å². The van der Waals surface area contributed by atoms with Crippen molar-refractivity contribution >= 4 is 65.7 Å². The number of hydrogen-bond acceptors (Lipinski definition) is 5. The zero-order valence-electron chi connectivity index (χ0n) is 23.8. The molecule has 4 heterocycles. The maximum atomic E-state index is 6.55. The Morgan fingerprint density at radius 3 is 1.69 bits per heavy atom. The molecule has 4 aromatic heterocycles. The zero-order chi connectivity index (χ0) is 29.5. The van der Waals surface area contributed by atoms with E-state index < -0.39 is 0 Å². The third kappa shape index (κ3) is 3.53. The van der Waals surface area contributed by atoms with Gasteiger partial charge in [-0.05, 0) is 30.3 Å². The summed E-state index contributed by atoms with van der Waals surface area (Å²) >= 11 is 0. The predicted octanol–water partition coefficient (Wildman–Crippen LogP) is 10.1. The fraction of sp³-hybridized carbons (Fsp3) is 0. The van der Waals surface area contributed by atoms with E-state index in [-0.39, 0.29) is 0 Å². The second-order valence-electron chi connectivity index (χ2n) is 11.2. The standard InChI is InChI=1S/C39H22N4O2/c1-3-11-23(12-4-1)37-40-38(24-13-5-2-6-14-24)42-39(41-37)43-29-17-9-7-15-25(29)27-21-28-34(22-30(27)43)45-33-20-19-32-35(36(28)33)26-16-8-10-18-31(26)44-32/h1-22H. The number of para-hydroxylation sites is 2. The smallest absolute Gasteiger partial charge is 0.238 e. The van der Waals surface area contributed by atoms with Gasteiger partial charge in [0.1, 0.15) is 22.3 Å². The molecule has 0 aliphatic heterocycles. The van der Waals surface area contributed by atoms with Crippen LogP contribution in [0.4, 0.5) is 0 Å². The van der Waals surface area contributed by atoms with E-state index >= 15 is 0 Å². The van der Waals surface area contributed by atoms with Gasteiger partial charge in [-0.15, -0.1) is 0 Å². The first-order valence-corrected chi connectivity index (χ1v) is 14.9. The molecule has 0 saturated heterocycles. The molecule has 210 valence electrons.